The van der Waals surface area contributed by atoms with E-state index >= 15 is 0 Å². The summed E-state index contributed by atoms with van der Waals surface area (Å²) >= 11 is 0. The van der Waals surface area contributed by atoms with E-state index in [2.05, 4.69) is 0 Å². The van der Waals surface area contributed by atoms with Gasteiger partial charge in [-0.1, -0.05) is 12.1 Å². The van der Waals surface area contributed by atoms with E-state index in [9.17, 15) is 9.59 Å². The van der Waals surface area contributed by atoms with E-state index in [0.29, 0.717) is 18.7 Å². The Hall–Kier alpha value is -2.12. The standard InChI is InChI=1S/C19H31N3O4/c1-19(2,3)26-17(23)16(20)13-14-7-9-15(10-8-14)25-18(24)22(6)12-11-21(4)5/h7-10,16H,11-13,20H2,1-6H3/t16-/m0/s1. The fourth-order valence-electron chi connectivity index (χ4n) is 2.03. The second kappa shape index (κ2) is 9.54. The zero-order valence-corrected chi connectivity index (χ0v) is 16.6. The van der Waals surface area contributed by atoms with Crippen molar-refractivity contribution < 1.29 is 19.1 Å². The highest BCUT2D eigenvalue weighted by Crippen LogP contribution is 2.15. The van der Waals surface area contributed by atoms with Crippen LogP contribution >= 0.6 is 0 Å². The highest BCUT2D eigenvalue weighted by atomic mass is 16.6. The van der Waals surface area contributed by atoms with Gasteiger partial charge in [-0.05, 0) is 59.0 Å². The Labute approximate surface area is 156 Å². The molecule has 0 saturated carbocycles. The van der Waals surface area contributed by atoms with Gasteiger partial charge in [0.2, 0.25) is 0 Å². The van der Waals surface area contributed by atoms with Gasteiger partial charge >= 0.3 is 12.1 Å². The van der Waals surface area contributed by atoms with Gasteiger partial charge in [0.1, 0.15) is 17.4 Å². The molecule has 7 nitrogen and oxygen atoms in total. The maximum absolute atomic E-state index is 12.0. The third-order valence-corrected chi connectivity index (χ3v) is 3.49. The number of carbonyl (C=O) groups is 2. The van der Waals surface area contributed by atoms with Gasteiger partial charge in [0.05, 0.1) is 0 Å². The van der Waals surface area contributed by atoms with Crippen molar-refractivity contribution in [3.05, 3.63) is 29.8 Å². The lowest BCUT2D eigenvalue weighted by Crippen LogP contribution is -2.38. The Morgan fingerprint density at radius 3 is 2.15 bits per heavy atom. The number of esters is 1. The normalized spacial score (nSPS) is 12.6. The summed E-state index contributed by atoms with van der Waals surface area (Å²) in [7, 11) is 5.58. The Morgan fingerprint density at radius 2 is 1.65 bits per heavy atom. The average Bonchev–Trinajstić information content (AvgIpc) is 2.52. The summed E-state index contributed by atoms with van der Waals surface area (Å²) in [6.45, 7) is 6.74. The fourth-order valence-corrected chi connectivity index (χ4v) is 2.03. The number of benzene rings is 1. The largest absolute Gasteiger partial charge is 0.459 e. The Bertz CT molecular complexity index is 594. The SMILES string of the molecule is CN(C)CCN(C)C(=O)Oc1ccc(C[C@H](N)C(=O)OC(C)(C)C)cc1. The summed E-state index contributed by atoms with van der Waals surface area (Å²) in [4.78, 5) is 27.5. The van der Waals surface area contributed by atoms with Gasteiger partial charge in [0, 0.05) is 20.1 Å². The summed E-state index contributed by atoms with van der Waals surface area (Å²) in [6, 6.07) is 6.21. The summed E-state index contributed by atoms with van der Waals surface area (Å²) in [6.07, 6.45) is -0.0589. The Kier molecular flexibility index (Phi) is 8.05. The number of ether oxygens (including phenoxy) is 2. The molecule has 0 saturated heterocycles. The van der Waals surface area contributed by atoms with Gasteiger partial charge < -0.3 is 25.0 Å². The molecule has 0 aromatic heterocycles. The van der Waals surface area contributed by atoms with Gasteiger partial charge in [0.25, 0.3) is 0 Å². The zero-order chi connectivity index (χ0) is 19.9. The van der Waals surface area contributed by atoms with Gasteiger partial charge in [-0.3, -0.25) is 4.79 Å². The molecule has 146 valence electrons. The Morgan fingerprint density at radius 1 is 1.08 bits per heavy atom. The average molecular weight is 365 g/mol. The molecule has 0 spiro atoms. The first kappa shape index (κ1) is 21.9. The van der Waals surface area contributed by atoms with Crippen LogP contribution < -0.4 is 10.5 Å². The van der Waals surface area contributed by atoms with Crippen molar-refractivity contribution in [2.75, 3.05) is 34.2 Å². The van der Waals surface area contributed by atoms with Crippen molar-refractivity contribution in [3.63, 3.8) is 0 Å². The van der Waals surface area contributed by atoms with Crippen LogP contribution in [0.4, 0.5) is 4.79 Å². The molecule has 0 bridgehead atoms. The number of rotatable bonds is 7. The number of hydrogen-bond acceptors (Lipinski definition) is 6. The second-order valence-corrected chi connectivity index (χ2v) is 7.58. The van der Waals surface area contributed by atoms with Crippen LogP contribution in [0.1, 0.15) is 26.3 Å². The van der Waals surface area contributed by atoms with E-state index in [1.807, 2.05) is 19.0 Å². The zero-order valence-electron chi connectivity index (χ0n) is 16.6. The number of carbonyl (C=O) groups excluding carboxylic acids is 2. The van der Waals surface area contributed by atoms with Crippen LogP contribution in [-0.4, -0.2) is 67.7 Å². The maximum Gasteiger partial charge on any atom is 0.415 e. The number of hydrogen-bond donors (Lipinski definition) is 1. The molecule has 1 atom stereocenters. The molecule has 26 heavy (non-hydrogen) atoms. The van der Waals surface area contributed by atoms with Crippen LogP contribution in [0, 0.1) is 0 Å². The first-order valence-corrected chi connectivity index (χ1v) is 8.63. The molecule has 1 aromatic rings. The lowest BCUT2D eigenvalue weighted by atomic mass is 10.1. The highest BCUT2D eigenvalue weighted by Gasteiger charge is 2.22. The summed E-state index contributed by atoms with van der Waals surface area (Å²) in [5.41, 5.74) is 6.20. The number of likely N-dealkylation sites (N-methyl/N-ethyl adjacent to an activating group) is 2. The molecule has 7 heteroatoms. The van der Waals surface area contributed by atoms with Crippen molar-refractivity contribution in [2.24, 2.45) is 5.73 Å². The van der Waals surface area contributed by atoms with Crippen molar-refractivity contribution >= 4 is 12.1 Å². The van der Waals surface area contributed by atoms with Crippen LogP contribution in [0.3, 0.4) is 0 Å². The molecular weight excluding hydrogens is 334 g/mol. The third-order valence-electron chi connectivity index (χ3n) is 3.49. The molecule has 2 N–H and O–H groups in total. The molecule has 0 aliphatic carbocycles. The van der Waals surface area contributed by atoms with E-state index < -0.39 is 23.7 Å². The van der Waals surface area contributed by atoms with Crippen molar-refractivity contribution in [1.29, 1.82) is 0 Å². The van der Waals surface area contributed by atoms with E-state index in [4.69, 9.17) is 15.2 Å². The smallest absolute Gasteiger partial charge is 0.415 e. The lowest BCUT2D eigenvalue weighted by molar-refractivity contribution is -0.156. The minimum atomic E-state index is -0.736. The molecule has 0 heterocycles. The third kappa shape index (κ3) is 8.31. The van der Waals surface area contributed by atoms with Gasteiger partial charge in [0.15, 0.2) is 0 Å². The van der Waals surface area contributed by atoms with Crippen LogP contribution in [0.5, 0.6) is 5.75 Å². The topological polar surface area (TPSA) is 85.1 Å². The lowest BCUT2D eigenvalue weighted by Gasteiger charge is -2.22. The van der Waals surface area contributed by atoms with Crippen molar-refractivity contribution in [3.8, 4) is 5.75 Å². The molecule has 0 aliphatic rings. The van der Waals surface area contributed by atoms with Crippen LogP contribution in [0.2, 0.25) is 0 Å². The monoisotopic (exact) mass is 365 g/mol. The maximum atomic E-state index is 12.0. The molecule has 0 fully saturated rings. The van der Waals surface area contributed by atoms with Crippen molar-refractivity contribution in [1.82, 2.24) is 9.80 Å². The minimum absolute atomic E-state index is 0.353. The molecule has 0 radical (unpaired) electrons. The van der Waals surface area contributed by atoms with Gasteiger partial charge in [-0.25, -0.2) is 4.79 Å². The van der Waals surface area contributed by atoms with E-state index in [0.717, 1.165) is 12.1 Å². The summed E-state index contributed by atoms with van der Waals surface area (Å²) in [5.74, 6) is 0.0109. The predicted molar refractivity (Wildman–Crippen MR) is 101 cm³/mol. The molecule has 1 aromatic carbocycles. The highest BCUT2D eigenvalue weighted by molar-refractivity contribution is 5.76. The summed E-state index contributed by atoms with van der Waals surface area (Å²) < 4.78 is 10.6. The van der Waals surface area contributed by atoms with E-state index in [-0.39, 0.29) is 0 Å². The Balaban J connectivity index is 2.55. The molecule has 0 unspecified atom stereocenters. The van der Waals surface area contributed by atoms with Gasteiger partial charge in [-0.15, -0.1) is 0 Å². The quantitative estimate of drug-likeness (QED) is 0.743. The molecule has 1 amide bonds. The van der Waals surface area contributed by atoms with E-state index in [1.54, 1.807) is 52.1 Å². The number of nitrogens with two attached hydrogens (primary N) is 1. The first-order valence-electron chi connectivity index (χ1n) is 8.63. The number of nitrogens with zero attached hydrogens (tertiary/aromatic N) is 2. The molecular formula is C19H31N3O4. The fraction of sp³-hybridized carbons (Fsp3) is 0.579. The van der Waals surface area contributed by atoms with Crippen LogP contribution in [0.25, 0.3) is 0 Å². The van der Waals surface area contributed by atoms with Gasteiger partial charge in [-0.2, -0.15) is 0 Å². The first-order chi connectivity index (χ1) is 12.0. The predicted octanol–water partition coefficient (Wildman–Crippen LogP) is 1.89. The summed E-state index contributed by atoms with van der Waals surface area (Å²) in [5, 5.41) is 0. The minimum Gasteiger partial charge on any atom is -0.459 e. The van der Waals surface area contributed by atoms with Crippen molar-refractivity contribution in [2.45, 2.75) is 38.8 Å². The second-order valence-electron chi connectivity index (χ2n) is 7.58. The van der Waals surface area contributed by atoms with Crippen LogP contribution in [-0.2, 0) is 16.0 Å². The van der Waals surface area contributed by atoms with Crippen LogP contribution in [0.15, 0.2) is 24.3 Å². The number of amides is 1. The van der Waals surface area contributed by atoms with E-state index in [1.165, 1.54) is 4.90 Å². The molecule has 0 aliphatic heterocycles. The molecule has 1 rings (SSSR count).